The summed E-state index contributed by atoms with van der Waals surface area (Å²) in [4.78, 5) is 11.7. The van der Waals surface area contributed by atoms with Crippen LogP contribution in [0.15, 0.2) is 42.1 Å². The number of carbonyl (C=O) groups excluding carboxylic acids is 1. The molecule has 0 fully saturated rings. The Morgan fingerprint density at radius 1 is 1.45 bits per heavy atom. The van der Waals surface area contributed by atoms with Crippen molar-refractivity contribution in [3.63, 3.8) is 0 Å². The summed E-state index contributed by atoms with van der Waals surface area (Å²) >= 11 is 1.54. The van der Waals surface area contributed by atoms with Gasteiger partial charge in [0.1, 0.15) is 0 Å². The number of nitrogens with two attached hydrogens (primary N) is 1. The Bertz CT molecular complexity index is 669. The molecule has 1 aromatic heterocycles. The van der Waals surface area contributed by atoms with Crippen LogP contribution in [0.2, 0.25) is 0 Å². The molecule has 2 aromatic rings. The van der Waals surface area contributed by atoms with Gasteiger partial charge in [-0.15, -0.1) is 16.8 Å². The molecular formula is C15H18N4O2S. The SMILES string of the molecule is C=CCn1c(N)nnc1SCCc1ccccc1C(=O)OC. The van der Waals surface area contributed by atoms with Gasteiger partial charge >= 0.3 is 5.97 Å². The molecule has 1 aromatic carbocycles. The second-order valence-corrected chi connectivity index (χ2v) is 5.55. The number of nitrogen functional groups attached to an aromatic ring is 1. The molecule has 7 heteroatoms. The number of hydrogen-bond donors (Lipinski definition) is 1. The van der Waals surface area contributed by atoms with Crippen molar-refractivity contribution in [2.24, 2.45) is 0 Å². The normalized spacial score (nSPS) is 10.4. The van der Waals surface area contributed by atoms with E-state index in [1.807, 2.05) is 18.2 Å². The number of rotatable bonds is 7. The minimum Gasteiger partial charge on any atom is -0.465 e. The largest absolute Gasteiger partial charge is 0.465 e. The highest BCUT2D eigenvalue weighted by molar-refractivity contribution is 7.99. The van der Waals surface area contributed by atoms with Crippen LogP contribution in [0.25, 0.3) is 0 Å². The maximum absolute atomic E-state index is 11.7. The number of allylic oxidation sites excluding steroid dienone is 1. The molecule has 6 nitrogen and oxygen atoms in total. The van der Waals surface area contributed by atoms with Crippen LogP contribution in [-0.2, 0) is 17.7 Å². The number of hydrogen-bond acceptors (Lipinski definition) is 6. The predicted molar refractivity (Wildman–Crippen MR) is 86.8 cm³/mol. The van der Waals surface area contributed by atoms with Gasteiger partial charge in [0.05, 0.1) is 12.7 Å². The first-order valence-electron chi connectivity index (χ1n) is 6.76. The molecule has 0 aliphatic rings. The molecule has 0 aliphatic carbocycles. The molecule has 22 heavy (non-hydrogen) atoms. The first-order valence-corrected chi connectivity index (χ1v) is 7.74. The number of benzene rings is 1. The first kappa shape index (κ1) is 16.1. The molecule has 2 N–H and O–H groups in total. The zero-order chi connectivity index (χ0) is 15.9. The Kier molecular flexibility index (Phi) is 5.60. The number of methoxy groups -OCH3 is 1. The highest BCUT2D eigenvalue weighted by Crippen LogP contribution is 2.20. The molecule has 0 amide bonds. The molecule has 0 unspecified atom stereocenters. The zero-order valence-electron chi connectivity index (χ0n) is 12.4. The summed E-state index contributed by atoms with van der Waals surface area (Å²) in [5.41, 5.74) is 7.30. The fourth-order valence-corrected chi connectivity index (χ4v) is 2.93. The van der Waals surface area contributed by atoms with E-state index in [-0.39, 0.29) is 5.97 Å². The van der Waals surface area contributed by atoms with E-state index in [1.54, 1.807) is 28.5 Å². The standard InChI is InChI=1S/C15H18N4O2S/c1-3-9-19-14(16)17-18-15(19)22-10-8-11-6-4-5-7-12(11)13(20)21-2/h3-7H,1,8-10H2,2H3,(H2,16,17). The summed E-state index contributed by atoms with van der Waals surface area (Å²) in [6, 6.07) is 7.43. The Balaban J connectivity index is 2.03. The minimum atomic E-state index is -0.320. The Labute approximate surface area is 133 Å². The third kappa shape index (κ3) is 3.67. The number of ether oxygens (including phenoxy) is 1. The lowest BCUT2D eigenvalue weighted by Crippen LogP contribution is -2.07. The summed E-state index contributed by atoms with van der Waals surface area (Å²) < 4.78 is 6.59. The summed E-state index contributed by atoms with van der Waals surface area (Å²) in [5.74, 6) is 0.806. The average molecular weight is 318 g/mol. The molecule has 0 radical (unpaired) electrons. The van der Waals surface area contributed by atoms with E-state index in [9.17, 15) is 4.79 Å². The number of anilines is 1. The summed E-state index contributed by atoms with van der Waals surface area (Å²) in [7, 11) is 1.38. The molecule has 0 spiro atoms. The van der Waals surface area contributed by atoms with Crippen molar-refractivity contribution in [2.45, 2.75) is 18.1 Å². The lowest BCUT2D eigenvalue weighted by atomic mass is 10.1. The van der Waals surface area contributed by atoms with Crippen LogP contribution in [0, 0.1) is 0 Å². The molecule has 116 valence electrons. The topological polar surface area (TPSA) is 83.0 Å². The number of nitrogens with zero attached hydrogens (tertiary/aromatic N) is 3. The van der Waals surface area contributed by atoms with Crippen molar-refractivity contribution < 1.29 is 9.53 Å². The van der Waals surface area contributed by atoms with Gasteiger partial charge in [0.15, 0.2) is 5.16 Å². The second-order valence-electron chi connectivity index (χ2n) is 4.49. The second kappa shape index (κ2) is 7.65. The van der Waals surface area contributed by atoms with Gasteiger partial charge in [0, 0.05) is 12.3 Å². The smallest absolute Gasteiger partial charge is 0.338 e. The zero-order valence-corrected chi connectivity index (χ0v) is 13.2. The van der Waals surface area contributed by atoms with E-state index in [2.05, 4.69) is 16.8 Å². The van der Waals surface area contributed by atoms with Gasteiger partial charge in [0.25, 0.3) is 0 Å². The van der Waals surface area contributed by atoms with E-state index < -0.39 is 0 Å². The summed E-state index contributed by atoms with van der Waals surface area (Å²) in [5, 5.41) is 8.66. The third-order valence-corrected chi connectivity index (χ3v) is 4.05. The quantitative estimate of drug-likeness (QED) is 0.478. The van der Waals surface area contributed by atoms with E-state index in [4.69, 9.17) is 10.5 Å². The van der Waals surface area contributed by atoms with Crippen molar-refractivity contribution >= 4 is 23.7 Å². The van der Waals surface area contributed by atoms with E-state index in [0.29, 0.717) is 18.1 Å². The number of aromatic nitrogens is 3. The maximum atomic E-state index is 11.7. The highest BCUT2D eigenvalue weighted by atomic mass is 32.2. The Morgan fingerprint density at radius 3 is 2.95 bits per heavy atom. The van der Waals surface area contributed by atoms with Crippen molar-refractivity contribution in [2.75, 3.05) is 18.6 Å². The molecular weight excluding hydrogens is 300 g/mol. The maximum Gasteiger partial charge on any atom is 0.338 e. The Hall–Kier alpha value is -2.28. The van der Waals surface area contributed by atoms with Gasteiger partial charge in [-0.3, -0.25) is 4.57 Å². The van der Waals surface area contributed by atoms with Crippen LogP contribution in [0.4, 0.5) is 5.95 Å². The van der Waals surface area contributed by atoms with E-state index in [1.165, 1.54) is 7.11 Å². The van der Waals surface area contributed by atoms with Crippen LogP contribution in [0.3, 0.4) is 0 Å². The van der Waals surface area contributed by atoms with Gasteiger partial charge in [-0.2, -0.15) is 0 Å². The molecule has 0 saturated heterocycles. The molecule has 0 saturated carbocycles. The molecule has 0 atom stereocenters. The van der Waals surface area contributed by atoms with Gasteiger partial charge in [-0.05, 0) is 18.1 Å². The fraction of sp³-hybridized carbons (Fsp3) is 0.267. The molecule has 0 aliphatic heterocycles. The van der Waals surface area contributed by atoms with Crippen molar-refractivity contribution in [1.29, 1.82) is 0 Å². The molecule has 2 rings (SSSR count). The van der Waals surface area contributed by atoms with Gasteiger partial charge in [0.2, 0.25) is 5.95 Å². The highest BCUT2D eigenvalue weighted by Gasteiger charge is 2.12. The number of thioether (sulfide) groups is 1. The van der Waals surface area contributed by atoms with Crippen LogP contribution >= 0.6 is 11.8 Å². The van der Waals surface area contributed by atoms with Crippen molar-refractivity contribution in [3.8, 4) is 0 Å². The number of aryl methyl sites for hydroxylation is 1. The lowest BCUT2D eigenvalue weighted by Gasteiger charge is -2.08. The third-order valence-electron chi connectivity index (χ3n) is 3.08. The Morgan fingerprint density at radius 2 is 2.23 bits per heavy atom. The fourth-order valence-electron chi connectivity index (χ4n) is 2.01. The van der Waals surface area contributed by atoms with Gasteiger partial charge in [-0.25, -0.2) is 4.79 Å². The lowest BCUT2D eigenvalue weighted by molar-refractivity contribution is 0.0599. The van der Waals surface area contributed by atoms with E-state index in [0.717, 1.165) is 22.9 Å². The predicted octanol–water partition coefficient (Wildman–Crippen LogP) is 2.17. The van der Waals surface area contributed by atoms with Gasteiger partial charge in [-0.1, -0.05) is 36.0 Å². The molecule has 1 heterocycles. The van der Waals surface area contributed by atoms with E-state index >= 15 is 0 Å². The van der Waals surface area contributed by atoms with Crippen LogP contribution in [0.1, 0.15) is 15.9 Å². The monoisotopic (exact) mass is 318 g/mol. The van der Waals surface area contributed by atoms with Crippen molar-refractivity contribution in [1.82, 2.24) is 14.8 Å². The molecule has 0 bridgehead atoms. The number of esters is 1. The summed E-state index contributed by atoms with van der Waals surface area (Å²) in [6.07, 6.45) is 2.47. The van der Waals surface area contributed by atoms with Crippen LogP contribution in [-0.4, -0.2) is 33.6 Å². The van der Waals surface area contributed by atoms with Crippen LogP contribution < -0.4 is 5.73 Å². The minimum absolute atomic E-state index is 0.320. The van der Waals surface area contributed by atoms with Crippen LogP contribution in [0.5, 0.6) is 0 Å². The van der Waals surface area contributed by atoms with Crippen molar-refractivity contribution in [3.05, 3.63) is 48.0 Å². The summed E-state index contributed by atoms with van der Waals surface area (Å²) in [6.45, 7) is 4.26. The average Bonchev–Trinajstić information content (AvgIpc) is 2.88. The first-order chi connectivity index (χ1) is 10.7. The number of carbonyl (C=O) groups is 1. The van der Waals surface area contributed by atoms with Gasteiger partial charge < -0.3 is 10.5 Å².